The first kappa shape index (κ1) is 14.5. The Bertz CT molecular complexity index is 382. The molecule has 0 amide bonds. The lowest BCUT2D eigenvalue weighted by Gasteiger charge is -2.25. The van der Waals surface area contributed by atoms with Crippen molar-refractivity contribution in [1.29, 1.82) is 0 Å². The van der Waals surface area contributed by atoms with Gasteiger partial charge in [0.1, 0.15) is 0 Å². The molecule has 0 bridgehead atoms. The SMILES string of the molecule is CCC1CCC(c2noc(C(C)C(C)NC)n2)CC1. The van der Waals surface area contributed by atoms with Gasteiger partial charge in [-0.3, -0.25) is 0 Å². The molecule has 1 fully saturated rings. The van der Waals surface area contributed by atoms with Crippen LogP contribution in [0.4, 0.5) is 0 Å². The molecule has 0 saturated heterocycles. The average molecular weight is 265 g/mol. The van der Waals surface area contributed by atoms with E-state index in [0.717, 1.165) is 17.6 Å². The first-order valence-corrected chi connectivity index (χ1v) is 7.66. The van der Waals surface area contributed by atoms with E-state index in [1.165, 1.54) is 32.1 Å². The van der Waals surface area contributed by atoms with Crippen LogP contribution in [-0.2, 0) is 0 Å². The van der Waals surface area contributed by atoms with Crippen LogP contribution in [0.3, 0.4) is 0 Å². The molecule has 1 heterocycles. The molecule has 2 atom stereocenters. The van der Waals surface area contributed by atoms with Crippen molar-refractivity contribution >= 4 is 0 Å². The van der Waals surface area contributed by atoms with Crippen molar-refractivity contribution in [3.63, 3.8) is 0 Å². The number of likely N-dealkylation sites (N-methyl/N-ethyl adjacent to an activating group) is 1. The van der Waals surface area contributed by atoms with Gasteiger partial charge < -0.3 is 9.84 Å². The molecule has 2 unspecified atom stereocenters. The monoisotopic (exact) mass is 265 g/mol. The number of nitrogens with one attached hydrogen (secondary N) is 1. The van der Waals surface area contributed by atoms with Crippen LogP contribution in [0, 0.1) is 5.92 Å². The van der Waals surface area contributed by atoms with Gasteiger partial charge in [0.25, 0.3) is 0 Å². The van der Waals surface area contributed by atoms with Gasteiger partial charge in [0.15, 0.2) is 5.82 Å². The highest BCUT2D eigenvalue weighted by Gasteiger charge is 2.27. The maximum Gasteiger partial charge on any atom is 0.231 e. The highest BCUT2D eigenvalue weighted by molar-refractivity contribution is 5.01. The minimum atomic E-state index is 0.262. The molecule has 0 aliphatic heterocycles. The lowest BCUT2D eigenvalue weighted by molar-refractivity contribution is 0.299. The Morgan fingerprint density at radius 3 is 2.53 bits per heavy atom. The maximum atomic E-state index is 5.45. The lowest BCUT2D eigenvalue weighted by Crippen LogP contribution is -2.27. The summed E-state index contributed by atoms with van der Waals surface area (Å²) in [6.07, 6.45) is 6.36. The molecule has 1 aliphatic carbocycles. The van der Waals surface area contributed by atoms with Crippen LogP contribution in [-0.4, -0.2) is 23.2 Å². The summed E-state index contributed by atoms with van der Waals surface area (Å²) < 4.78 is 5.45. The Balaban J connectivity index is 1.97. The zero-order valence-corrected chi connectivity index (χ0v) is 12.6. The predicted molar refractivity (Wildman–Crippen MR) is 76.2 cm³/mol. The molecule has 4 nitrogen and oxygen atoms in total. The van der Waals surface area contributed by atoms with Crippen LogP contribution < -0.4 is 5.32 Å². The molecule has 1 aromatic heterocycles. The molecule has 4 heteroatoms. The molecule has 0 spiro atoms. The van der Waals surface area contributed by atoms with E-state index in [0.29, 0.717) is 12.0 Å². The molecule has 1 N–H and O–H groups in total. The summed E-state index contributed by atoms with van der Waals surface area (Å²) in [6.45, 7) is 6.56. The van der Waals surface area contributed by atoms with E-state index in [1.807, 2.05) is 7.05 Å². The van der Waals surface area contributed by atoms with E-state index >= 15 is 0 Å². The fourth-order valence-electron chi connectivity index (χ4n) is 2.89. The second kappa shape index (κ2) is 6.51. The van der Waals surface area contributed by atoms with E-state index in [4.69, 9.17) is 4.52 Å². The zero-order chi connectivity index (χ0) is 13.8. The second-order valence-corrected chi connectivity index (χ2v) is 5.98. The Morgan fingerprint density at radius 2 is 1.95 bits per heavy atom. The Kier molecular flexibility index (Phi) is 4.97. The molecule has 0 radical (unpaired) electrons. The van der Waals surface area contributed by atoms with Gasteiger partial charge in [-0.05, 0) is 45.6 Å². The standard InChI is InChI=1S/C15H27N3O/c1-5-12-6-8-13(9-7-12)14-17-15(19-18-14)10(2)11(3)16-4/h10-13,16H,5-9H2,1-4H3. The van der Waals surface area contributed by atoms with E-state index in [2.05, 4.69) is 36.2 Å². The summed E-state index contributed by atoms with van der Waals surface area (Å²) in [5.74, 6) is 3.38. The van der Waals surface area contributed by atoms with Gasteiger partial charge in [-0.25, -0.2) is 0 Å². The van der Waals surface area contributed by atoms with Crippen molar-refractivity contribution in [2.24, 2.45) is 5.92 Å². The van der Waals surface area contributed by atoms with Gasteiger partial charge in [-0.2, -0.15) is 4.98 Å². The predicted octanol–water partition coefficient (Wildman–Crippen LogP) is 3.46. The number of hydrogen-bond donors (Lipinski definition) is 1. The van der Waals surface area contributed by atoms with Gasteiger partial charge >= 0.3 is 0 Å². The molecule has 1 saturated carbocycles. The van der Waals surface area contributed by atoms with Crippen molar-refractivity contribution in [2.75, 3.05) is 7.05 Å². The minimum absolute atomic E-state index is 0.262. The van der Waals surface area contributed by atoms with Crippen LogP contribution in [0.15, 0.2) is 4.52 Å². The highest BCUT2D eigenvalue weighted by atomic mass is 16.5. The van der Waals surface area contributed by atoms with Crippen molar-refractivity contribution < 1.29 is 4.52 Å². The minimum Gasteiger partial charge on any atom is -0.339 e. The van der Waals surface area contributed by atoms with Crippen LogP contribution in [0.2, 0.25) is 0 Å². The summed E-state index contributed by atoms with van der Waals surface area (Å²) in [4.78, 5) is 4.64. The fourth-order valence-corrected chi connectivity index (χ4v) is 2.89. The smallest absolute Gasteiger partial charge is 0.231 e. The van der Waals surface area contributed by atoms with Gasteiger partial charge in [-0.1, -0.05) is 25.4 Å². The first-order chi connectivity index (χ1) is 9.15. The van der Waals surface area contributed by atoms with Crippen molar-refractivity contribution in [1.82, 2.24) is 15.5 Å². The normalized spacial score (nSPS) is 27.2. The Labute approximate surface area is 116 Å². The van der Waals surface area contributed by atoms with Crippen LogP contribution in [0.25, 0.3) is 0 Å². The molecule has 1 aromatic rings. The first-order valence-electron chi connectivity index (χ1n) is 7.66. The lowest BCUT2D eigenvalue weighted by atomic mass is 9.80. The Hall–Kier alpha value is -0.900. The second-order valence-electron chi connectivity index (χ2n) is 5.98. The molecule has 2 rings (SSSR count). The van der Waals surface area contributed by atoms with Gasteiger partial charge in [0, 0.05) is 12.0 Å². The van der Waals surface area contributed by atoms with E-state index in [1.54, 1.807) is 0 Å². The molecular formula is C15H27N3O. The topological polar surface area (TPSA) is 51.0 Å². The van der Waals surface area contributed by atoms with Gasteiger partial charge in [0.2, 0.25) is 5.89 Å². The van der Waals surface area contributed by atoms with Crippen LogP contribution in [0.5, 0.6) is 0 Å². The third-order valence-corrected chi connectivity index (χ3v) is 4.84. The fraction of sp³-hybridized carbons (Fsp3) is 0.867. The number of aromatic nitrogens is 2. The summed E-state index contributed by atoms with van der Waals surface area (Å²) in [6, 6.07) is 0.351. The number of hydrogen-bond acceptors (Lipinski definition) is 4. The quantitative estimate of drug-likeness (QED) is 0.885. The summed E-state index contributed by atoms with van der Waals surface area (Å²) in [5.41, 5.74) is 0. The van der Waals surface area contributed by atoms with E-state index < -0.39 is 0 Å². The van der Waals surface area contributed by atoms with Crippen molar-refractivity contribution in [3.8, 4) is 0 Å². The third kappa shape index (κ3) is 3.35. The van der Waals surface area contributed by atoms with Crippen molar-refractivity contribution in [2.45, 2.75) is 70.8 Å². The molecule has 108 valence electrons. The average Bonchev–Trinajstić information content (AvgIpc) is 2.95. The highest BCUT2D eigenvalue weighted by Crippen LogP contribution is 2.36. The van der Waals surface area contributed by atoms with E-state index in [-0.39, 0.29) is 5.92 Å². The van der Waals surface area contributed by atoms with Crippen LogP contribution >= 0.6 is 0 Å². The third-order valence-electron chi connectivity index (χ3n) is 4.84. The largest absolute Gasteiger partial charge is 0.339 e. The molecule has 19 heavy (non-hydrogen) atoms. The molecule has 1 aliphatic rings. The zero-order valence-electron chi connectivity index (χ0n) is 12.6. The summed E-state index contributed by atoms with van der Waals surface area (Å²) in [5, 5.41) is 7.45. The molecular weight excluding hydrogens is 238 g/mol. The van der Waals surface area contributed by atoms with E-state index in [9.17, 15) is 0 Å². The Morgan fingerprint density at radius 1 is 1.26 bits per heavy atom. The summed E-state index contributed by atoms with van der Waals surface area (Å²) in [7, 11) is 1.96. The van der Waals surface area contributed by atoms with Crippen molar-refractivity contribution in [3.05, 3.63) is 11.7 Å². The van der Waals surface area contributed by atoms with Gasteiger partial charge in [-0.15, -0.1) is 0 Å². The van der Waals surface area contributed by atoms with Crippen LogP contribution in [0.1, 0.15) is 76.4 Å². The molecule has 0 aromatic carbocycles. The number of nitrogens with zero attached hydrogens (tertiary/aromatic N) is 2. The number of rotatable bonds is 5. The maximum absolute atomic E-state index is 5.45. The van der Waals surface area contributed by atoms with Gasteiger partial charge in [0.05, 0.1) is 5.92 Å². The summed E-state index contributed by atoms with van der Waals surface area (Å²) >= 11 is 0.